The van der Waals surface area contributed by atoms with Crippen LogP contribution in [0, 0.1) is 25.7 Å². The number of benzene rings is 1. The monoisotopic (exact) mass is 187 g/mol. The Bertz CT molecular complexity index is 355. The minimum atomic E-state index is 0.724. The van der Waals surface area contributed by atoms with Gasteiger partial charge in [0.25, 0.3) is 0 Å². The van der Waals surface area contributed by atoms with Gasteiger partial charge in [0.2, 0.25) is 0 Å². The van der Waals surface area contributed by atoms with Gasteiger partial charge in [0, 0.05) is 12.0 Å². The molecule has 0 atom stereocenters. The fourth-order valence-electron chi connectivity index (χ4n) is 1.30. The zero-order valence-corrected chi connectivity index (χ0v) is 8.93. The summed E-state index contributed by atoms with van der Waals surface area (Å²) in [6.07, 6.45) is 1.88. The Kier molecular flexibility index (Phi) is 4.22. The van der Waals surface area contributed by atoms with E-state index in [0.717, 1.165) is 24.9 Å². The van der Waals surface area contributed by atoms with Gasteiger partial charge in [-0.1, -0.05) is 29.5 Å². The van der Waals surface area contributed by atoms with E-state index in [0.29, 0.717) is 0 Å². The average Bonchev–Trinajstić information content (AvgIpc) is 2.15. The predicted molar refractivity (Wildman–Crippen MR) is 61.1 cm³/mol. The molecule has 1 heteroatoms. The first kappa shape index (κ1) is 10.8. The minimum Gasteiger partial charge on any atom is -0.330 e. The van der Waals surface area contributed by atoms with Gasteiger partial charge in [0.05, 0.1) is 0 Å². The highest BCUT2D eigenvalue weighted by atomic mass is 14.5. The average molecular weight is 187 g/mol. The van der Waals surface area contributed by atoms with Crippen molar-refractivity contribution in [1.82, 2.24) is 0 Å². The standard InChI is InChI=1S/C13H17N/c1-11-7-8-13(12(2)10-11)6-4-3-5-9-14/h7-8,10H,3,5,9,14H2,1-2H3. The molecule has 1 nitrogen and oxygen atoms in total. The molecule has 2 N–H and O–H groups in total. The quantitative estimate of drug-likeness (QED) is 0.558. The Morgan fingerprint density at radius 3 is 2.71 bits per heavy atom. The maximum atomic E-state index is 5.39. The molecule has 0 unspecified atom stereocenters. The Morgan fingerprint density at radius 2 is 2.07 bits per heavy atom. The second-order valence-corrected chi connectivity index (χ2v) is 3.51. The first-order valence-corrected chi connectivity index (χ1v) is 5.00. The van der Waals surface area contributed by atoms with Crippen LogP contribution < -0.4 is 5.73 Å². The molecule has 74 valence electrons. The van der Waals surface area contributed by atoms with Crippen LogP contribution >= 0.6 is 0 Å². The molecule has 1 rings (SSSR count). The number of rotatable bonds is 2. The van der Waals surface area contributed by atoms with E-state index in [9.17, 15) is 0 Å². The van der Waals surface area contributed by atoms with Gasteiger partial charge in [-0.05, 0) is 38.4 Å². The number of aryl methyl sites for hydroxylation is 2. The molecule has 1 aromatic rings. The summed E-state index contributed by atoms with van der Waals surface area (Å²) in [5.41, 5.74) is 9.06. The van der Waals surface area contributed by atoms with Crippen molar-refractivity contribution in [3.05, 3.63) is 34.9 Å². The maximum absolute atomic E-state index is 5.39. The maximum Gasteiger partial charge on any atom is 0.0274 e. The van der Waals surface area contributed by atoms with Gasteiger partial charge in [-0.15, -0.1) is 0 Å². The lowest BCUT2D eigenvalue weighted by molar-refractivity contribution is 0.870. The molecular formula is C13H17N. The highest BCUT2D eigenvalue weighted by Crippen LogP contribution is 2.08. The van der Waals surface area contributed by atoms with Crippen molar-refractivity contribution in [2.45, 2.75) is 26.7 Å². The summed E-state index contributed by atoms with van der Waals surface area (Å²) in [6.45, 7) is 4.92. The lowest BCUT2D eigenvalue weighted by Crippen LogP contribution is -1.96. The van der Waals surface area contributed by atoms with Crippen LogP contribution in [0.1, 0.15) is 29.5 Å². The molecule has 0 saturated heterocycles. The molecule has 0 aliphatic carbocycles. The van der Waals surface area contributed by atoms with E-state index >= 15 is 0 Å². The summed E-state index contributed by atoms with van der Waals surface area (Å²) in [5, 5.41) is 0. The van der Waals surface area contributed by atoms with Crippen molar-refractivity contribution in [1.29, 1.82) is 0 Å². The van der Waals surface area contributed by atoms with Gasteiger partial charge in [-0.3, -0.25) is 0 Å². The Hall–Kier alpha value is -1.26. The summed E-state index contributed by atoms with van der Waals surface area (Å²) < 4.78 is 0. The fraction of sp³-hybridized carbons (Fsp3) is 0.385. The summed E-state index contributed by atoms with van der Waals surface area (Å²) in [5.74, 6) is 6.30. The van der Waals surface area contributed by atoms with E-state index in [1.54, 1.807) is 0 Å². The van der Waals surface area contributed by atoms with Crippen LogP contribution in [0.25, 0.3) is 0 Å². The third-order valence-electron chi connectivity index (χ3n) is 2.11. The first-order chi connectivity index (χ1) is 6.74. The molecule has 0 heterocycles. The lowest BCUT2D eigenvalue weighted by atomic mass is 10.1. The molecule has 0 spiro atoms. The van der Waals surface area contributed by atoms with E-state index in [-0.39, 0.29) is 0 Å². The zero-order chi connectivity index (χ0) is 10.4. The molecule has 0 aliphatic heterocycles. The molecule has 14 heavy (non-hydrogen) atoms. The third-order valence-corrected chi connectivity index (χ3v) is 2.11. The van der Waals surface area contributed by atoms with Crippen LogP contribution in [0.3, 0.4) is 0 Å². The predicted octanol–water partition coefficient (Wildman–Crippen LogP) is 2.39. The van der Waals surface area contributed by atoms with Crippen LogP contribution in [-0.4, -0.2) is 6.54 Å². The zero-order valence-electron chi connectivity index (χ0n) is 8.93. The van der Waals surface area contributed by atoms with Gasteiger partial charge in [-0.2, -0.15) is 0 Å². The number of unbranched alkanes of at least 4 members (excludes halogenated alkanes) is 1. The largest absolute Gasteiger partial charge is 0.330 e. The summed E-state index contributed by atoms with van der Waals surface area (Å²) >= 11 is 0. The molecule has 0 aromatic heterocycles. The van der Waals surface area contributed by atoms with E-state index in [1.165, 1.54) is 11.1 Å². The van der Waals surface area contributed by atoms with Crippen molar-refractivity contribution >= 4 is 0 Å². The van der Waals surface area contributed by atoms with Crippen molar-refractivity contribution in [2.75, 3.05) is 6.54 Å². The number of nitrogens with two attached hydrogens (primary N) is 1. The highest BCUT2D eigenvalue weighted by Gasteiger charge is 1.93. The summed E-state index contributed by atoms with van der Waals surface area (Å²) in [6, 6.07) is 6.34. The summed E-state index contributed by atoms with van der Waals surface area (Å²) in [4.78, 5) is 0. The SMILES string of the molecule is Cc1ccc(C#CCCCN)c(C)c1. The number of hydrogen-bond donors (Lipinski definition) is 1. The Morgan fingerprint density at radius 1 is 1.29 bits per heavy atom. The van der Waals surface area contributed by atoms with E-state index in [2.05, 4.69) is 43.9 Å². The molecule has 0 aliphatic rings. The van der Waals surface area contributed by atoms with Crippen LogP contribution in [-0.2, 0) is 0 Å². The topological polar surface area (TPSA) is 26.0 Å². The van der Waals surface area contributed by atoms with Crippen molar-refractivity contribution in [2.24, 2.45) is 5.73 Å². The normalized spacial score (nSPS) is 9.36. The summed E-state index contributed by atoms with van der Waals surface area (Å²) in [7, 11) is 0. The molecule has 0 amide bonds. The van der Waals surface area contributed by atoms with Crippen molar-refractivity contribution < 1.29 is 0 Å². The van der Waals surface area contributed by atoms with Crippen molar-refractivity contribution in [3.8, 4) is 11.8 Å². The molecule has 0 saturated carbocycles. The molecular weight excluding hydrogens is 170 g/mol. The molecule has 0 radical (unpaired) electrons. The van der Waals surface area contributed by atoms with E-state index in [1.807, 2.05) is 0 Å². The van der Waals surface area contributed by atoms with Gasteiger partial charge in [0.15, 0.2) is 0 Å². The van der Waals surface area contributed by atoms with Gasteiger partial charge in [0.1, 0.15) is 0 Å². The second kappa shape index (κ2) is 5.47. The van der Waals surface area contributed by atoms with Crippen LogP contribution in [0.4, 0.5) is 0 Å². The fourth-order valence-corrected chi connectivity index (χ4v) is 1.30. The van der Waals surface area contributed by atoms with Crippen LogP contribution in [0.15, 0.2) is 18.2 Å². The molecule has 0 fully saturated rings. The molecule has 0 bridgehead atoms. The van der Waals surface area contributed by atoms with E-state index < -0.39 is 0 Å². The van der Waals surface area contributed by atoms with Gasteiger partial charge < -0.3 is 5.73 Å². The minimum absolute atomic E-state index is 0.724. The highest BCUT2D eigenvalue weighted by molar-refractivity contribution is 5.42. The second-order valence-electron chi connectivity index (χ2n) is 3.51. The lowest BCUT2D eigenvalue weighted by Gasteiger charge is -1.98. The van der Waals surface area contributed by atoms with Crippen LogP contribution in [0.5, 0.6) is 0 Å². The van der Waals surface area contributed by atoms with E-state index in [4.69, 9.17) is 5.73 Å². The van der Waals surface area contributed by atoms with Gasteiger partial charge in [-0.25, -0.2) is 0 Å². The van der Waals surface area contributed by atoms with Crippen LogP contribution in [0.2, 0.25) is 0 Å². The Balaban J connectivity index is 2.70. The molecule has 1 aromatic carbocycles. The van der Waals surface area contributed by atoms with Crippen molar-refractivity contribution in [3.63, 3.8) is 0 Å². The first-order valence-electron chi connectivity index (χ1n) is 5.00. The van der Waals surface area contributed by atoms with Gasteiger partial charge >= 0.3 is 0 Å². The number of hydrogen-bond acceptors (Lipinski definition) is 1. The smallest absolute Gasteiger partial charge is 0.0274 e. The third kappa shape index (κ3) is 3.24. The Labute approximate surface area is 86.3 Å².